The summed E-state index contributed by atoms with van der Waals surface area (Å²) in [6, 6.07) is -0.475. The van der Waals surface area contributed by atoms with Crippen LogP contribution in [0, 0.1) is 12.8 Å². The molecule has 18 heavy (non-hydrogen) atoms. The minimum Gasteiger partial charge on any atom is -0.395 e. The molecule has 0 amide bonds. The zero-order valence-corrected chi connectivity index (χ0v) is 12.0. The Morgan fingerprint density at radius 3 is 2.50 bits per heavy atom. The van der Waals surface area contributed by atoms with Crippen LogP contribution in [0.4, 0.5) is 0 Å². The van der Waals surface area contributed by atoms with Crippen LogP contribution in [0.2, 0.25) is 0 Å². The zero-order valence-electron chi connectivity index (χ0n) is 11.2. The highest BCUT2D eigenvalue weighted by Gasteiger charge is 2.23. The van der Waals surface area contributed by atoms with Crippen LogP contribution in [0.3, 0.4) is 0 Å². The predicted molar refractivity (Wildman–Crippen MR) is 68.6 cm³/mol. The molecule has 1 aromatic heterocycles. The summed E-state index contributed by atoms with van der Waals surface area (Å²) in [6.45, 7) is 5.46. The smallest absolute Gasteiger partial charge is 0.259 e. The average Bonchev–Trinajstić information content (AvgIpc) is 2.58. The van der Waals surface area contributed by atoms with Gasteiger partial charge in [-0.2, -0.15) is 0 Å². The summed E-state index contributed by atoms with van der Waals surface area (Å²) < 4.78 is 28.2. The highest BCUT2D eigenvalue weighted by molar-refractivity contribution is 7.89. The van der Waals surface area contributed by atoms with Crippen molar-refractivity contribution in [3.63, 3.8) is 0 Å². The molecule has 0 radical (unpaired) electrons. The van der Waals surface area contributed by atoms with Crippen molar-refractivity contribution in [1.29, 1.82) is 0 Å². The number of nitrogens with zero attached hydrogens (tertiary/aromatic N) is 2. The van der Waals surface area contributed by atoms with Gasteiger partial charge in [-0.3, -0.25) is 0 Å². The molecule has 1 rings (SSSR count). The van der Waals surface area contributed by atoms with Gasteiger partial charge in [-0.05, 0) is 19.3 Å². The fourth-order valence-corrected chi connectivity index (χ4v) is 2.94. The fourth-order valence-electron chi connectivity index (χ4n) is 1.66. The van der Waals surface area contributed by atoms with Gasteiger partial charge in [0, 0.05) is 19.3 Å². The van der Waals surface area contributed by atoms with Crippen molar-refractivity contribution in [1.82, 2.24) is 14.3 Å². The third kappa shape index (κ3) is 3.79. The molecule has 1 heterocycles. The normalized spacial score (nSPS) is 14.1. The molecule has 7 heteroatoms. The number of rotatable bonds is 6. The monoisotopic (exact) mass is 275 g/mol. The first-order chi connectivity index (χ1) is 8.26. The van der Waals surface area contributed by atoms with E-state index in [9.17, 15) is 13.5 Å². The van der Waals surface area contributed by atoms with Gasteiger partial charge in [0.2, 0.25) is 0 Å². The molecule has 1 unspecified atom stereocenters. The summed E-state index contributed by atoms with van der Waals surface area (Å²) in [5, 5.41) is 9.18. The van der Waals surface area contributed by atoms with Crippen molar-refractivity contribution < 1.29 is 13.5 Å². The number of hydrogen-bond donors (Lipinski definition) is 2. The minimum absolute atomic E-state index is 0.00953. The van der Waals surface area contributed by atoms with E-state index < -0.39 is 16.1 Å². The largest absolute Gasteiger partial charge is 0.395 e. The first-order valence-corrected chi connectivity index (χ1v) is 7.37. The van der Waals surface area contributed by atoms with Gasteiger partial charge < -0.3 is 9.67 Å². The maximum Gasteiger partial charge on any atom is 0.259 e. The lowest BCUT2D eigenvalue weighted by Crippen LogP contribution is -2.38. The van der Waals surface area contributed by atoms with E-state index in [4.69, 9.17) is 0 Å². The third-order valence-electron chi connectivity index (χ3n) is 2.66. The second-order valence-electron chi connectivity index (χ2n) is 4.87. The molecule has 6 nitrogen and oxygen atoms in total. The van der Waals surface area contributed by atoms with Gasteiger partial charge in [-0.15, -0.1) is 0 Å². The number of aliphatic hydroxyl groups is 1. The highest BCUT2D eigenvalue weighted by atomic mass is 32.2. The fraction of sp³-hybridized carbons (Fsp3) is 0.727. The molecule has 0 saturated carbocycles. The van der Waals surface area contributed by atoms with Crippen LogP contribution < -0.4 is 4.72 Å². The van der Waals surface area contributed by atoms with Crippen LogP contribution in [-0.4, -0.2) is 35.7 Å². The summed E-state index contributed by atoms with van der Waals surface area (Å²) in [6.07, 6.45) is 2.04. The van der Waals surface area contributed by atoms with Gasteiger partial charge in [0.05, 0.1) is 6.61 Å². The van der Waals surface area contributed by atoms with Gasteiger partial charge in [0.25, 0.3) is 10.0 Å². The van der Waals surface area contributed by atoms with Gasteiger partial charge >= 0.3 is 0 Å². The Morgan fingerprint density at radius 1 is 1.50 bits per heavy atom. The molecule has 1 atom stereocenters. The molecular weight excluding hydrogens is 254 g/mol. The number of nitrogens with one attached hydrogen (secondary N) is 1. The van der Waals surface area contributed by atoms with Gasteiger partial charge in [-0.25, -0.2) is 18.1 Å². The maximum absolute atomic E-state index is 12.1. The van der Waals surface area contributed by atoms with Gasteiger partial charge in [0.15, 0.2) is 5.03 Å². The topological polar surface area (TPSA) is 84.2 Å². The Labute approximate surface area is 108 Å². The van der Waals surface area contributed by atoms with E-state index in [0.29, 0.717) is 18.2 Å². The summed E-state index contributed by atoms with van der Waals surface area (Å²) in [4.78, 5) is 3.98. The van der Waals surface area contributed by atoms with Crippen molar-refractivity contribution in [3.05, 3.63) is 12.0 Å². The molecule has 0 fully saturated rings. The zero-order chi connectivity index (χ0) is 13.9. The number of aliphatic hydroxyl groups excluding tert-OH is 1. The number of hydrogen-bond acceptors (Lipinski definition) is 4. The Bertz CT molecular complexity index is 474. The predicted octanol–water partition coefficient (Wildman–Crippen LogP) is 0.414. The van der Waals surface area contributed by atoms with Crippen LogP contribution in [0.15, 0.2) is 11.2 Å². The molecule has 0 bridgehead atoms. The van der Waals surface area contributed by atoms with E-state index in [1.54, 1.807) is 18.5 Å². The van der Waals surface area contributed by atoms with E-state index in [-0.39, 0.29) is 11.6 Å². The maximum atomic E-state index is 12.1. The molecule has 2 N–H and O–H groups in total. The minimum atomic E-state index is -3.66. The second kappa shape index (κ2) is 5.81. The third-order valence-corrected chi connectivity index (χ3v) is 4.05. The first kappa shape index (κ1) is 15.1. The Kier molecular flexibility index (Phi) is 4.89. The molecule has 0 spiro atoms. The first-order valence-electron chi connectivity index (χ1n) is 5.89. The summed E-state index contributed by atoms with van der Waals surface area (Å²) in [5.74, 6) is 0.926. The Balaban J connectivity index is 2.87. The molecule has 0 aliphatic carbocycles. The Morgan fingerprint density at radius 2 is 2.11 bits per heavy atom. The van der Waals surface area contributed by atoms with Crippen molar-refractivity contribution in [2.75, 3.05) is 6.61 Å². The summed E-state index contributed by atoms with van der Waals surface area (Å²) >= 11 is 0. The molecule has 104 valence electrons. The van der Waals surface area contributed by atoms with E-state index in [0.717, 1.165) is 0 Å². The number of sulfonamides is 1. The van der Waals surface area contributed by atoms with E-state index in [1.807, 2.05) is 13.8 Å². The quantitative estimate of drug-likeness (QED) is 0.788. The van der Waals surface area contributed by atoms with E-state index in [2.05, 4.69) is 9.71 Å². The van der Waals surface area contributed by atoms with Crippen molar-refractivity contribution in [2.24, 2.45) is 13.0 Å². The van der Waals surface area contributed by atoms with Crippen LogP contribution >= 0.6 is 0 Å². The van der Waals surface area contributed by atoms with Crippen LogP contribution in [-0.2, 0) is 17.1 Å². The van der Waals surface area contributed by atoms with E-state index in [1.165, 1.54) is 6.20 Å². The summed E-state index contributed by atoms with van der Waals surface area (Å²) in [7, 11) is -1.93. The molecule has 0 aliphatic rings. The number of aromatic nitrogens is 2. The second-order valence-corrected chi connectivity index (χ2v) is 6.53. The van der Waals surface area contributed by atoms with Gasteiger partial charge in [-0.1, -0.05) is 13.8 Å². The van der Waals surface area contributed by atoms with Crippen LogP contribution in [0.5, 0.6) is 0 Å². The summed E-state index contributed by atoms with van der Waals surface area (Å²) in [5.41, 5.74) is 0. The van der Waals surface area contributed by atoms with E-state index >= 15 is 0 Å². The molecule has 0 saturated heterocycles. The lowest BCUT2D eigenvalue weighted by Gasteiger charge is -2.17. The molecule has 1 aromatic rings. The molecular formula is C11H21N3O3S. The van der Waals surface area contributed by atoms with Crippen molar-refractivity contribution in [2.45, 2.75) is 38.3 Å². The Hall–Kier alpha value is -0.920. The molecule has 0 aliphatic heterocycles. The van der Waals surface area contributed by atoms with Crippen molar-refractivity contribution in [3.8, 4) is 0 Å². The van der Waals surface area contributed by atoms with Gasteiger partial charge in [0.1, 0.15) is 5.82 Å². The lowest BCUT2D eigenvalue weighted by molar-refractivity contribution is 0.240. The standard InChI is InChI=1S/C11H21N3O3S/c1-8(2)5-10(7-15)13-18(16,17)11-6-14(4)9(3)12-11/h6,8,10,13,15H,5,7H2,1-4H3. The highest BCUT2D eigenvalue weighted by Crippen LogP contribution is 2.11. The van der Waals surface area contributed by atoms with Crippen molar-refractivity contribution >= 4 is 10.0 Å². The van der Waals surface area contributed by atoms with Crippen LogP contribution in [0.25, 0.3) is 0 Å². The average molecular weight is 275 g/mol. The number of imidazole rings is 1. The number of aryl methyl sites for hydroxylation is 2. The van der Waals surface area contributed by atoms with Crippen LogP contribution in [0.1, 0.15) is 26.1 Å². The lowest BCUT2D eigenvalue weighted by atomic mass is 10.1. The SMILES string of the molecule is Cc1nc(S(=O)(=O)NC(CO)CC(C)C)cn1C. The molecule has 0 aromatic carbocycles.